The van der Waals surface area contributed by atoms with Crippen LogP contribution >= 0.6 is 11.6 Å². The van der Waals surface area contributed by atoms with Gasteiger partial charge in [0.15, 0.2) is 0 Å². The van der Waals surface area contributed by atoms with Crippen LogP contribution in [0.2, 0.25) is 5.02 Å². The number of carbonyl (C=O) groups is 2. The van der Waals surface area contributed by atoms with Crippen molar-refractivity contribution in [3.8, 4) is 0 Å². The highest BCUT2D eigenvalue weighted by Crippen LogP contribution is 2.36. The molecule has 4 rings (SSSR count). The quantitative estimate of drug-likeness (QED) is 0.749. The van der Waals surface area contributed by atoms with Gasteiger partial charge in [0.05, 0.1) is 11.1 Å². The summed E-state index contributed by atoms with van der Waals surface area (Å²) >= 11 is 5.97. The van der Waals surface area contributed by atoms with E-state index in [4.69, 9.17) is 11.6 Å². The van der Waals surface area contributed by atoms with Gasteiger partial charge < -0.3 is 4.90 Å². The molecule has 0 unspecified atom stereocenters. The van der Waals surface area contributed by atoms with E-state index in [1.165, 1.54) is 11.6 Å². The number of nitrogens with zero attached hydrogens (tertiary/aromatic N) is 1. The molecule has 2 aromatic carbocycles. The van der Waals surface area contributed by atoms with E-state index in [0.29, 0.717) is 23.6 Å². The van der Waals surface area contributed by atoms with Gasteiger partial charge in [-0.15, -0.1) is 0 Å². The second-order valence-electron chi connectivity index (χ2n) is 8.19. The fourth-order valence-corrected chi connectivity index (χ4v) is 4.50. The van der Waals surface area contributed by atoms with Crippen LogP contribution in [0.1, 0.15) is 49.7 Å². The Morgan fingerprint density at radius 1 is 1.10 bits per heavy atom. The molecule has 0 aliphatic carbocycles. The molecular formula is C23H24ClFN2O2. The molecule has 6 heteroatoms. The van der Waals surface area contributed by atoms with Crippen molar-refractivity contribution in [2.75, 3.05) is 18.0 Å². The highest BCUT2D eigenvalue weighted by atomic mass is 35.5. The lowest BCUT2D eigenvalue weighted by molar-refractivity contribution is -0.137. The van der Waals surface area contributed by atoms with Crippen molar-refractivity contribution in [1.29, 1.82) is 0 Å². The third-order valence-corrected chi connectivity index (χ3v) is 6.62. The summed E-state index contributed by atoms with van der Waals surface area (Å²) in [7, 11) is 0. The van der Waals surface area contributed by atoms with E-state index in [-0.39, 0.29) is 24.1 Å². The van der Waals surface area contributed by atoms with Gasteiger partial charge in [-0.3, -0.25) is 14.9 Å². The number of benzene rings is 2. The third-order valence-electron chi connectivity index (χ3n) is 6.37. The van der Waals surface area contributed by atoms with Crippen LogP contribution in [0.3, 0.4) is 0 Å². The van der Waals surface area contributed by atoms with Crippen LogP contribution in [0.5, 0.6) is 0 Å². The highest BCUT2D eigenvalue weighted by Gasteiger charge is 2.40. The number of imide groups is 1. The molecule has 29 heavy (non-hydrogen) atoms. The van der Waals surface area contributed by atoms with Gasteiger partial charge in [-0.2, -0.15) is 0 Å². The molecule has 0 bridgehead atoms. The molecular weight excluding hydrogens is 391 g/mol. The molecule has 4 nitrogen and oxygen atoms in total. The van der Waals surface area contributed by atoms with Gasteiger partial charge >= 0.3 is 0 Å². The zero-order chi connectivity index (χ0) is 20.6. The average Bonchev–Trinajstić information content (AvgIpc) is 2.72. The summed E-state index contributed by atoms with van der Waals surface area (Å²) in [6, 6.07) is 13.0. The molecule has 0 radical (unpaired) electrons. The molecule has 2 aromatic rings. The molecule has 2 fully saturated rings. The molecule has 2 aliphatic heterocycles. The SMILES string of the molecule is C[C@@]1(c2ccc(N3CCC(c4ccc(Cl)cc4)CC3)c(F)c2)CCC(=O)NC1=O. The second kappa shape index (κ2) is 7.79. The van der Waals surface area contributed by atoms with Crippen LogP contribution in [0.4, 0.5) is 10.1 Å². The zero-order valence-corrected chi connectivity index (χ0v) is 17.1. The average molecular weight is 415 g/mol. The number of hydrogen-bond donors (Lipinski definition) is 1. The predicted molar refractivity (Wildman–Crippen MR) is 112 cm³/mol. The number of hydrogen-bond acceptors (Lipinski definition) is 3. The van der Waals surface area contributed by atoms with E-state index >= 15 is 0 Å². The Morgan fingerprint density at radius 3 is 2.41 bits per heavy atom. The number of carbonyl (C=O) groups excluding carboxylic acids is 2. The van der Waals surface area contributed by atoms with E-state index in [1.807, 2.05) is 18.2 Å². The standard InChI is InChI=1S/C23H24ClFN2O2/c1-23(11-8-21(28)26-22(23)29)17-4-7-20(19(25)14-17)27-12-9-16(10-13-27)15-2-5-18(24)6-3-15/h2-7,14,16H,8-13H2,1H3,(H,26,28,29)/t23-/m0/s1. The molecule has 2 saturated heterocycles. The number of rotatable bonds is 3. The summed E-state index contributed by atoms with van der Waals surface area (Å²) in [5.41, 5.74) is 1.57. The molecule has 1 N–H and O–H groups in total. The van der Waals surface area contributed by atoms with Crippen LogP contribution in [0.25, 0.3) is 0 Å². The molecule has 0 spiro atoms. The lowest BCUT2D eigenvalue weighted by Gasteiger charge is -2.35. The minimum atomic E-state index is -0.880. The van der Waals surface area contributed by atoms with Crippen molar-refractivity contribution in [2.24, 2.45) is 0 Å². The molecule has 2 aliphatic rings. The maximum atomic E-state index is 15.0. The van der Waals surface area contributed by atoms with Crippen molar-refractivity contribution in [3.63, 3.8) is 0 Å². The van der Waals surface area contributed by atoms with Crippen LogP contribution in [-0.2, 0) is 15.0 Å². The Hall–Kier alpha value is -2.40. The molecule has 2 heterocycles. The second-order valence-corrected chi connectivity index (χ2v) is 8.62. The highest BCUT2D eigenvalue weighted by molar-refractivity contribution is 6.30. The Morgan fingerprint density at radius 2 is 1.79 bits per heavy atom. The Kier molecular flexibility index (Phi) is 5.34. The smallest absolute Gasteiger partial charge is 0.236 e. The summed E-state index contributed by atoms with van der Waals surface area (Å²) < 4.78 is 15.0. The summed E-state index contributed by atoms with van der Waals surface area (Å²) in [6.45, 7) is 3.31. The maximum absolute atomic E-state index is 15.0. The van der Waals surface area contributed by atoms with Crippen LogP contribution in [0, 0.1) is 5.82 Å². The molecule has 2 amide bonds. The monoisotopic (exact) mass is 414 g/mol. The Bertz CT molecular complexity index is 938. The van der Waals surface area contributed by atoms with Crippen molar-refractivity contribution < 1.29 is 14.0 Å². The topological polar surface area (TPSA) is 49.4 Å². The van der Waals surface area contributed by atoms with Gasteiger partial charge in [0.1, 0.15) is 5.82 Å². The first kappa shape index (κ1) is 19.9. The van der Waals surface area contributed by atoms with Crippen molar-refractivity contribution in [1.82, 2.24) is 5.32 Å². The summed E-state index contributed by atoms with van der Waals surface area (Å²) in [5.74, 6) is -0.496. The first-order chi connectivity index (χ1) is 13.9. The number of piperidine rings is 2. The number of amides is 2. The lowest BCUT2D eigenvalue weighted by Crippen LogP contribution is -2.49. The van der Waals surface area contributed by atoms with Crippen molar-refractivity contribution in [3.05, 3.63) is 64.4 Å². The first-order valence-electron chi connectivity index (χ1n) is 10.0. The maximum Gasteiger partial charge on any atom is 0.236 e. The van der Waals surface area contributed by atoms with Crippen LogP contribution in [-0.4, -0.2) is 24.9 Å². The first-order valence-corrected chi connectivity index (χ1v) is 10.4. The number of anilines is 1. The Balaban J connectivity index is 1.47. The van der Waals surface area contributed by atoms with Crippen molar-refractivity contribution >= 4 is 29.1 Å². The summed E-state index contributed by atoms with van der Waals surface area (Å²) in [5, 5.41) is 3.10. The van der Waals surface area contributed by atoms with Gasteiger partial charge in [0.2, 0.25) is 11.8 Å². The minimum Gasteiger partial charge on any atom is -0.369 e. The summed E-state index contributed by atoms with van der Waals surface area (Å²) in [4.78, 5) is 25.9. The van der Waals surface area contributed by atoms with E-state index in [1.54, 1.807) is 13.0 Å². The third kappa shape index (κ3) is 3.88. The van der Waals surface area contributed by atoms with Gasteiger partial charge in [0, 0.05) is 24.5 Å². The normalized spacial score (nSPS) is 23.2. The fourth-order valence-electron chi connectivity index (χ4n) is 4.37. The van der Waals surface area contributed by atoms with Gasteiger partial charge in [0.25, 0.3) is 0 Å². The van der Waals surface area contributed by atoms with E-state index in [2.05, 4.69) is 22.3 Å². The van der Waals surface area contributed by atoms with Crippen molar-refractivity contribution in [2.45, 2.75) is 43.9 Å². The molecule has 0 aromatic heterocycles. The predicted octanol–water partition coefficient (Wildman–Crippen LogP) is 4.56. The van der Waals surface area contributed by atoms with E-state index < -0.39 is 5.41 Å². The van der Waals surface area contributed by atoms with E-state index in [9.17, 15) is 14.0 Å². The summed E-state index contributed by atoms with van der Waals surface area (Å²) in [6.07, 6.45) is 2.56. The van der Waals surface area contributed by atoms with Crippen LogP contribution in [0.15, 0.2) is 42.5 Å². The lowest BCUT2D eigenvalue weighted by atomic mass is 9.75. The molecule has 1 atom stereocenters. The minimum absolute atomic E-state index is 0.268. The van der Waals surface area contributed by atoms with E-state index in [0.717, 1.165) is 31.0 Å². The number of nitrogens with one attached hydrogen (secondary N) is 1. The molecule has 152 valence electrons. The van der Waals surface area contributed by atoms with Gasteiger partial charge in [-0.25, -0.2) is 4.39 Å². The van der Waals surface area contributed by atoms with Gasteiger partial charge in [-0.1, -0.05) is 29.8 Å². The number of halogens is 2. The van der Waals surface area contributed by atoms with Gasteiger partial charge in [-0.05, 0) is 67.5 Å². The van der Waals surface area contributed by atoms with Crippen LogP contribution < -0.4 is 10.2 Å². The fraction of sp³-hybridized carbons (Fsp3) is 0.391. The molecule has 0 saturated carbocycles. The largest absolute Gasteiger partial charge is 0.369 e. The zero-order valence-electron chi connectivity index (χ0n) is 16.4. The Labute approximate surface area is 175 Å².